The highest BCUT2D eigenvalue weighted by molar-refractivity contribution is 6.04. The third-order valence-corrected chi connectivity index (χ3v) is 12.3. The molecule has 0 fully saturated rings. The van der Waals surface area contributed by atoms with E-state index in [4.69, 9.17) is 0 Å². The quantitative estimate of drug-likeness (QED) is 0.196. The summed E-state index contributed by atoms with van der Waals surface area (Å²) < 4.78 is 0. The maximum absolute atomic E-state index is 4.02. The predicted octanol–water partition coefficient (Wildman–Crippen LogP) is 13.4. The molecule has 11 rings (SSSR count). The molecule has 0 amide bonds. The molecular formula is C52H37N. The van der Waals surface area contributed by atoms with Crippen molar-refractivity contribution >= 4 is 11.4 Å². The van der Waals surface area contributed by atoms with Crippen molar-refractivity contribution in [2.45, 2.75) is 24.7 Å². The molecule has 3 aliphatic carbocycles. The Kier molecular flexibility index (Phi) is 6.29. The Bertz CT molecular complexity index is 2740. The van der Waals surface area contributed by atoms with Crippen LogP contribution in [0.4, 0.5) is 11.4 Å². The van der Waals surface area contributed by atoms with Crippen molar-refractivity contribution in [3.63, 3.8) is 0 Å². The van der Waals surface area contributed by atoms with E-state index < -0.39 is 5.41 Å². The molecule has 53 heavy (non-hydrogen) atoms. The average molecular weight is 676 g/mol. The largest absolute Gasteiger partial charge is 0.355 e. The monoisotopic (exact) mass is 675 g/mol. The van der Waals surface area contributed by atoms with Crippen molar-refractivity contribution in [1.82, 2.24) is 0 Å². The maximum Gasteiger partial charge on any atom is 0.0732 e. The molecule has 250 valence electrons. The molecule has 0 saturated heterocycles. The first-order valence-electron chi connectivity index (χ1n) is 18.7. The summed E-state index contributed by atoms with van der Waals surface area (Å²) >= 11 is 0. The van der Waals surface area contributed by atoms with Crippen molar-refractivity contribution < 1.29 is 0 Å². The Morgan fingerprint density at radius 1 is 0.358 bits per heavy atom. The van der Waals surface area contributed by atoms with E-state index in [-0.39, 0.29) is 5.41 Å². The van der Waals surface area contributed by atoms with Crippen LogP contribution in [0.15, 0.2) is 182 Å². The molecule has 1 heteroatoms. The molecule has 1 spiro atoms. The van der Waals surface area contributed by atoms with Crippen LogP contribution in [0, 0.1) is 0 Å². The summed E-state index contributed by atoms with van der Waals surface area (Å²) in [6.07, 6.45) is 0. The molecule has 1 nitrogen and oxygen atoms in total. The number of rotatable bonds is 4. The summed E-state index contributed by atoms with van der Waals surface area (Å²) in [5, 5.41) is 4.02. The minimum atomic E-state index is -0.489. The number of hydrogen-bond acceptors (Lipinski definition) is 1. The molecule has 1 N–H and O–H groups in total. The molecule has 0 radical (unpaired) electrons. The third-order valence-electron chi connectivity index (χ3n) is 12.3. The van der Waals surface area contributed by atoms with E-state index in [1.807, 2.05) is 0 Å². The van der Waals surface area contributed by atoms with E-state index >= 15 is 0 Å². The van der Waals surface area contributed by atoms with Crippen LogP contribution in [-0.2, 0) is 10.8 Å². The second-order valence-corrected chi connectivity index (χ2v) is 15.3. The summed E-state index contributed by atoms with van der Waals surface area (Å²) in [7, 11) is 0. The summed E-state index contributed by atoms with van der Waals surface area (Å²) in [6, 6.07) is 67.7. The lowest BCUT2D eigenvalue weighted by Gasteiger charge is -2.33. The highest BCUT2D eigenvalue weighted by Gasteiger charge is 2.53. The molecule has 8 aromatic rings. The van der Waals surface area contributed by atoms with Gasteiger partial charge >= 0.3 is 0 Å². The lowest BCUT2D eigenvalue weighted by Crippen LogP contribution is -2.26. The second-order valence-electron chi connectivity index (χ2n) is 15.3. The van der Waals surface area contributed by atoms with Gasteiger partial charge in [0.2, 0.25) is 0 Å². The highest BCUT2D eigenvalue weighted by atomic mass is 14.9. The molecule has 0 aromatic heterocycles. The van der Waals surface area contributed by atoms with Gasteiger partial charge in [0, 0.05) is 22.4 Å². The zero-order valence-electron chi connectivity index (χ0n) is 29.8. The van der Waals surface area contributed by atoms with Crippen LogP contribution in [0.3, 0.4) is 0 Å². The highest BCUT2D eigenvalue weighted by Crippen LogP contribution is 2.66. The van der Waals surface area contributed by atoms with E-state index in [1.54, 1.807) is 0 Å². The topological polar surface area (TPSA) is 12.0 Å². The molecule has 0 heterocycles. The number of nitrogens with one attached hydrogen (secondary N) is 1. The molecule has 3 aliphatic rings. The van der Waals surface area contributed by atoms with Crippen LogP contribution in [0.1, 0.15) is 47.2 Å². The van der Waals surface area contributed by atoms with E-state index in [9.17, 15) is 0 Å². The van der Waals surface area contributed by atoms with Gasteiger partial charge in [0.05, 0.1) is 5.41 Å². The first-order valence-corrected chi connectivity index (χ1v) is 18.7. The van der Waals surface area contributed by atoms with Crippen LogP contribution in [0.2, 0.25) is 0 Å². The predicted molar refractivity (Wildman–Crippen MR) is 221 cm³/mol. The van der Waals surface area contributed by atoms with Crippen molar-refractivity contribution in [3.8, 4) is 55.6 Å². The second kappa shape index (κ2) is 11.0. The zero-order chi connectivity index (χ0) is 35.3. The van der Waals surface area contributed by atoms with Gasteiger partial charge in [0.15, 0.2) is 0 Å². The summed E-state index contributed by atoms with van der Waals surface area (Å²) in [5.74, 6) is 0. The number of benzene rings is 8. The van der Waals surface area contributed by atoms with Crippen LogP contribution in [-0.4, -0.2) is 0 Å². The van der Waals surface area contributed by atoms with E-state index in [1.165, 1.54) is 89.0 Å². The minimum Gasteiger partial charge on any atom is -0.355 e. The normalized spacial score (nSPS) is 14.5. The first-order chi connectivity index (χ1) is 26.1. The Balaban J connectivity index is 1.21. The zero-order valence-corrected chi connectivity index (χ0v) is 29.8. The van der Waals surface area contributed by atoms with Crippen molar-refractivity contribution in [2.75, 3.05) is 5.32 Å². The standard InChI is InChI=1S/C52H37N/c1-51(2)43-24-12-8-20-37(43)40-29-28-34(32-47(40)51)53-48-31-30-41(36-19-7-6-18-35(36)33-16-4-3-5-17-33)50-49(48)42-23-11-15-27-46(42)52(50)44-25-13-9-21-38(44)39-22-10-14-26-45(39)52/h3-32,53H,1-2H3. The van der Waals surface area contributed by atoms with Crippen molar-refractivity contribution in [1.29, 1.82) is 0 Å². The molecule has 0 aliphatic heterocycles. The van der Waals surface area contributed by atoms with Gasteiger partial charge < -0.3 is 5.32 Å². The van der Waals surface area contributed by atoms with Crippen molar-refractivity contribution in [2.24, 2.45) is 0 Å². The van der Waals surface area contributed by atoms with Crippen LogP contribution >= 0.6 is 0 Å². The Labute approximate surface area is 311 Å². The number of hydrogen-bond donors (Lipinski definition) is 1. The molecular weight excluding hydrogens is 639 g/mol. The number of fused-ring (bicyclic) bond motifs is 13. The molecule has 0 atom stereocenters. The van der Waals surface area contributed by atoms with Gasteiger partial charge in [0.25, 0.3) is 0 Å². The average Bonchev–Trinajstić information content (AvgIpc) is 3.78. The van der Waals surface area contributed by atoms with Gasteiger partial charge in [-0.1, -0.05) is 178 Å². The van der Waals surface area contributed by atoms with Gasteiger partial charge in [0.1, 0.15) is 0 Å². The molecule has 8 aromatic carbocycles. The first kappa shape index (κ1) is 30.2. The molecule has 0 bridgehead atoms. The SMILES string of the molecule is CC1(C)c2ccccc2-c2ccc(Nc3ccc(-c4ccccc4-c4ccccc4)c4c3-c3ccccc3C43c4ccccc4-c4ccccc43)cc21. The fourth-order valence-electron chi connectivity index (χ4n) is 10.1. The summed E-state index contributed by atoms with van der Waals surface area (Å²) in [6.45, 7) is 4.71. The smallest absolute Gasteiger partial charge is 0.0732 e. The van der Waals surface area contributed by atoms with Crippen LogP contribution in [0.25, 0.3) is 55.6 Å². The van der Waals surface area contributed by atoms with Crippen LogP contribution in [0.5, 0.6) is 0 Å². The van der Waals surface area contributed by atoms with Crippen LogP contribution < -0.4 is 5.32 Å². The fraction of sp³-hybridized carbons (Fsp3) is 0.0769. The lowest BCUT2D eigenvalue weighted by molar-refractivity contribution is 0.660. The van der Waals surface area contributed by atoms with Gasteiger partial charge in [-0.3, -0.25) is 0 Å². The van der Waals surface area contributed by atoms with E-state index in [0.717, 1.165) is 11.4 Å². The van der Waals surface area contributed by atoms with Gasteiger partial charge in [-0.05, 0) is 102 Å². The third kappa shape index (κ3) is 4.02. The Hall–Kier alpha value is -6.44. The summed E-state index contributed by atoms with van der Waals surface area (Å²) in [5.41, 5.74) is 22.6. The summed E-state index contributed by atoms with van der Waals surface area (Å²) in [4.78, 5) is 0. The van der Waals surface area contributed by atoms with Gasteiger partial charge in [-0.25, -0.2) is 0 Å². The van der Waals surface area contributed by atoms with Crippen molar-refractivity contribution in [3.05, 3.63) is 215 Å². The van der Waals surface area contributed by atoms with E-state index in [0.29, 0.717) is 0 Å². The molecule has 0 unspecified atom stereocenters. The fourth-order valence-corrected chi connectivity index (χ4v) is 10.1. The van der Waals surface area contributed by atoms with E-state index in [2.05, 4.69) is 201 Å². The Morgan fingerprint density at radius 3 is 1.49 bits per heavy atom. The molecule has 0 saturated carbocycles. The lowest BCUT2D eigenvalue weighted by atomic mass is 9.68. The minimum absolute atomic E-state index is 0.0789. The van der Waals surface area contributed by atoms with Gasteiger partial charge in [-0.15, -0.1) is 0 Å². The maximum atomic E-state index is 4.02. The number of anilines is 2. The Morgan fingerprint density at radius 2 is 0.830 bits per heavy atom. The van der Waals surface area contributed by atoms with Gasteiger partial charge in [-0.2, -0.15) is 0 Å².